The number of amides is 1. The van der Waals surface area contributed by atoms with E-state index in [4.69, 9.17) is 10.5 Å². The summed E-state index contributed by atoms with van der Waals surface area (Å²) in [6.07, 6.45) is 3.61. The average Bonchev–Trinajstić information content (AvgIpc) is 2.55. The molecule has 0 atom stereocenters. The molecule has 0 spiro atoms. The number of nitrogens with one attached hydrogen (secondary N) is 2. The van der Waals surface area contributed by atoms with E-state index in [9.17, 15) is 4.79 Å². The highest BCUT2D eigenvalue weighted by atomic mass is 16.5. The summed E-state index contributed by atoms with van der Waals surface area (Å²) in [5.41, 5.74) is 6.12. The van der Waals surface area contributed by atoms with E-state index in [2.05, 4.69) is 29.5 Å². The fraction of sp³-hybridized carbons (Fsp3) is 0.556. The summed E-state index contributed by atoms with van der Waals surface area (Å²) in [7, 11) is 1.76. The van der Waals surface area contributed by atoms with Crippen LogP contribution in [0.1, 0.15) is 38.7 Å². The van der Waals surface area contributed by atoms with Crippen molar-refractivity contribution in [1.29, 1.82) is 0 Å². The summed E-state index contributed by atoms with van der Waals surface area (Å²) in [6.45, 7) is 5.91. The molecule has 0 heterocycles. The van der Waals surface area contributed by atoms with E-state index >= 15 is 0 Å². The van der Waals surface area contributed by atoms with E-state index in [1.807, 2.05) is 18.2 Å². The first kappa shape index (κ1) is 19.8. The van der Waals surface area contributed by atoms with Crippen LogP contribution in [0.3, 0.4) is 0 Å². The third-order valence-corrected chi connectivity index (χ3v) is 3.46. The Morgan fingerprint density at radius 2 is 2.08 bits per heavy atom. The van der Waals surface area contributed by atoms with Gasteiger partial charge in [-0.2, -0.15) is 0 Å². The van der Waals surface area contributed by atoms with Gasteiger partial charge in [-0.1, -0.05) is 38.8 Å². The van der Waals surface area contributed by atoms with Gasteiger partial charge in [-0.15, -0.1) is 0 Å². The van der Waals surface area contributed by atoms with Crippen LogP contribution in [-0.4, -0.2) is 32.1 Å². The monoisotopic (exact) mass is 334 g/mol. The molecule has 0 aliphatic heterocycles. The van der Waals surface area contributed by atoms with Gasteiger partial charge in [0.25, 0.3) is 5.91 Å². The Morgan fingerprint density at radius 1 is 1.29 bits per heavy atom. The number of nitrogens with zero attached hydrogens (tertiary/aromatic N) is 1. The molecule has 0 aliphatic rings. The number of benzene rings is 1. The predicted octanol–water partition coefficient (Wildman–Crippen LogP) is 2.04. The minimum atomic E-state index is -0.486. The molecule has 1 aromatic rings. The number of guanidine groups is 1. The molecule has 1 rings (SSSR count). The summed E-state index contributed by atoms with van der Waals surface area (Å²) in [4.78, 5) is 15.0. The fourth-order valence-electron chi connectivity index (χ4n) is 2.19. The molecule has 1 aromatic carbocycles. The number of aliphatic imine (C=N–C) groups is 1. The second-order valence-electron chi connectivity index (χ2n) is 6.14. The molecular weight excluding hydrogens is 304 g/mol. The molecule has 6 nitrogen and oxygen atoms in total. The maximum absolute atomic E-state index is 10.8. The normalized spacial score (nSPS) is 11.4. The lowest BCUT2D eigenvalue weighted by atomic mass is 10.1. The maximum atomic E-state index is 10.8. The van der Waals surface area contributed by atoms with E-state index in [0.717, 1.165) is 30.4 Å². The van der Waals surface area contributed by atoms with E-state index in [0.29, 0.717) is 12.3 Å². The van der Waals surface area contributed by atoms with Crippen LogP contribution in [0.4, 0.5) is 0 Å². The first-order valence-corrected chi connectivity index (χ1v) is 8.45. The van der Waals surface area contributed by atoms with Crippen molar-refractivity contribution in [2.24, 2.45) is 16.6 Å². The molecule has 0 saturated carbocycles. The lowest BCUT2D eigenvalue weighted by Gasteiger charge is -2.13. The van der Waals surface area contributed by atoms with Crippen LogP contribution in [0.2, 0.25) is 0 Å². The molecule has 0 radical (unpaired) electrons. The van der Waals surface area contributed by atoms with Crippen LogP contribution >= 0.6 is 0 Å². The molecule has 0 unspecified atom stereocenters. The first-order chi connectivity index (χ1) is 11.5. The van der Waals surface area contributed by atoms with Crippen molar-refractivity contribution in [2.45, 2.75) is 39.7 Å². The molecule has 0 fully saturated rings. The van der Waals surface area contributed by atoms with E-state index in [-0.39, 0.29) is 6.61 Å². The van der Waals surface area contributed by atoms with Crippen LogP contribution in [-0.2, 0) is 11.3 Å². The molecule has 0 saturated heterocycles. The number of nitrogens with two attached hydrogens (primary N) is 1. The third kappa shape index (κ3) is 9.02. The minimum Gasteiger partial charge on any atom is -0.484 e. The summed E-state index contributed by atoms with van der Waals surface area (Å²) >= 11 is 0. The molecule has 6 heteroatoms. The topological polar surface area (TPSA) is 88.7 Å². The highest BCUT2D eigenvalue weighted by Crippen LogP contribution is 2.13. The van der Waals surface area contributed by atoms with Crippen molar-refractivity contribution < 1.29 is 9.53 Å². The second-order valence-corrected chi connectivity index (χ2v) is 6.14. The Labute approximate surface area is 144 Å². The van der Waals surface area contributed by atoms with Crippen molar-refractivity contribution in [2.75, 3.05) is 20.2 Å². The molecule has 1 amide bonds. The van der Waals surface area contributed by atoms with Crippen molar-refractivity contribution in [3.63, 3.8) is 0 Å². The van der Waals surface area contributed by atoms with Crippen molar-refractivity contribution in [3.05, 3.63) is 29.8 Å². The highest BCUT2D eigenvalue weighted by Gasteiger charge is 2.02. The maximum Gasteiger partial charge on any atom is 0.255 e. The lowest BCUT2D eigenvalue weighted by Crippen LogP contribution is -2.37. The van der Waals surface area contributed by atoms with Gasteiger partial charge in [-0.25, -0.2) is 0 Å². The largest absolute Gasteiger partial charge is 0.484 e. The quantitative estimate of drug-likeness (QED) is 0.347. The van der Waals surface area contributed by atoms with Gasteiger partial charge in [0, 0.05) is 20.1 Å². The van der Waals surface area contributed by atoms with Gasteiger partial charge in [-0.05, 0) is 30.0 Å². The lowest BCUT2D eigenvalue weighted by molar-refractivity contribution is -0.119. The number of ether oxygens (including phenoxy) is 1. The van der Waals surface area contributed by atoms with E-state index < -0.39 is 5.91 Å². The van der Waals surface area contributed by atoms with Gasteiger partial charge in [0.2, 0.25) is 0 Å². The smallest absolute Gasteiger partial charge is 0.255 e. The second kappa shape index (κ2) is 11.3. The number of hydrogen-bond donors (Lipinski definition) is 3. The number of hydrogen-bond acceptors (Lipinski definition) is 3. The van der Waals surface area contributed by atoms with Crippen molar-refractivity contribution in [1.82, 2.24) is 10.6 Å². The first-order valence-electron chi connectivity index (χ1n) is 8.45. The summed E-state index contributed by atoms with van der Waals surface area (Å²) in [5, 5.41) is 6.58. The van der Waals surface area contributed by atoms with E-state index in [1.54, 1.807) is 13.1 Å². The zero-order chi connectivity index (χ0) is 17.8. The van der Waals surface area contributed by atoms with Crippen LogP contribution in [0.5, 0.6) is 5.75 Å². The number of carbonyl (C=O) groups excluding carboxylic acids is 1. The zero-order valence-electron chi connectivity index (χ0n) is 15.0. The molecule has 134 valence electrons. The molecule has 0 aromatic heterocycles. The minimum absolute atomic E-state index is 0.115. The Morgan fingerprint density at radius 3 is 2.75 bits per heavy atom. The SMILES string of the molecule is CN=C(NCCCCC(C)C)NCc1cccc(OCC(N)=O)c1. The average molecular weight is 334 g/mol. The zero-order valence-corrected chi connectivity index (χ0v) is 15.0. The standard InChI is InChI=1S/C18H30N4O2/c1-14(2)7-4-5-10-21-18(20-3)22-12-15-8-6-9-16(11-15)24-13-17(19)23/h6,8-9,11,14H,4-5,7,10,12-13H2,1-3H3,(H2,19,23)(H2,20,21,22). The van der Waals surface area contributed by atoms with Gasteiger partial charge in [-0.3, -0.25) is 9.79 Å². The van der Waals surface area contributed by atoms with Crippen LogP contribution < -0.4 is 21.1 Å². The molecule has 4 N–H and O–H groups in total. The Balaban J connectivity index is 2.35. The van der Waals surface area contributed by atoms with Gasteiger partial charge < -0.3 is 21.1 Å². The molecular formula is C18H30N4O2. The highest BCUT2D eigenvalue weighted by molar-refractivity contribution is 5.79. The van der Waals surface area contributed by atoms with Gasteiger partial charge >= 0.3 is 0 Å². The summed E-state index contributed by atoms with van der Waals surface area (Å²) < 4.78 is 5.30. The van der Waals surface area contributed by atoms with Crippen LogP contribution in [0.25, 0.3) is 0 Å². The van der Waals surface area contributed by atoms with Crippen molar-refractivity contribution in [3.8, 4) is 5.75 Å². The predicted molar refractivity (Wildman–Crippen MR) is 98.0 cm³/mol. The third-order valence-electron chi connectivity index (χ3n) is 3.46. The number of carbonyl (C=O) groups is 1. The molecule has 24 heavy (non-hydrogen) atoms. The summed E-state index contributed by atoms with van der Waals surface area (Å²) in [5.74, 6) is 1.68. The van der Waals surface area contributed by atoms with Gasteiger partial charge in [0.15, 0.2) is 12.6 Å². The number of primary amides is 1. The van der Waals surface area contributed by atoms with Gasteiger partial charge in [0.05, 0.1) is 0 Å². The number of unbranched alkanes of at least 4 members (excludes halogenated alkanes) is 1. The fourth-order valence-corrected chi connectivity index (χ4v) is 2.19. The molecule has 0 aliphatic carbocycles. The summed E-state index contributed by atoms with van der Waals surface area (Å²) in [6, 6.07) is 7.55. The van der Waals surface area contributed by atoms with Crippen LogP contribution in [0.15, 0.2) is 29.3 Å². The Hall–Kier alpha value is -2.24. The molecule has 0 bridgehead atoms. The Bertz CT molecular complexity index is 530. The van der Waals surface area contributed by atoms with E-state index in [1.165, 1.54) is 12.8 Å². The van der Waals surface area contributed by atoms with Crippen molar-refractivity contribution >= 4 is 11.9 Å². The Kier molecular flexibility index (Phi) is 9.34. The van der Waals surface area contributed by atoms with Gasteiger partial charge in [0.1, 0.15) is 5.75 Å². The van der Waals surface area contributed by atoms with Crippen LogP contribution in [0, 0.1) is 5.92 Å². The number of rotatable bonds is 10.